The SMILES string of the molecule is FC(F)(F)c1ccccc1Cn1ccnc1Cc1ccc(Br)cc1. The van der Waals surface area contributed by atoms with Gasteiger partial charge in [0.25, 0.3) is 0 Å². The van der Waals surface area contributed by atoms with E-state index in [0.29, 0.717) is 6.42 Å². The highest BCUT2D eigenvalue weighted by molar-refractivity contribution is 9.10. The van der Waals surface area contributed by atoms with Crippen molar-refractivity contribution in [2.45, 2.75) is 19.1 Å². The standard InChI is InChI=1S/C18H14BrF3N2/c19-15-7-5-13(6-8-15)11-17-23-9-10-24(17)12-14-3-1-2-4-16(14)18(20,21)22/h1-10H,11-12H2. The summed E-state index contributed by atoms with van der Waals surface area (Å²) in [6, 6.07) is 13.4. The molecule has 0 spiro atoms. The Labute approximate surface area is 146 Å². The van der Waals surface area contributed by atoms with E-state index < -0.39 is 11.7 Å². The summed E-state index contributed by atoms with van der Waals surface area (Å²) in [6.07, 6.45) is -0.469. The molecule has 2 aromatic carbocycles. The van der Waals surface area contributed by atoms with E-state index in [2.05, 4.69) is 20.9 Å². The van der Waals surface area contributed by atoms with E-state index in [1.165, 1.54) is 12.1 Å². The molecule has 1 aromatic heterocycles. The second kappa shape index (κ2) is 6.81. The van der Waals surface area contributed by atoms with Crippen molar-refractivity contribution in [3.8, 4) is 0 Å². The summed E-state index contributed by atoms with van der Waals surface area (Å²) in [5.74, 6) is 0.731. The van der Waals surface area contributed by atoms with Crippen molar-refractivity contribution in [1.82, 2.24) is 9.55 Å². The molecule has 0 aliphatic carbocycles. The first-order valence-electron chi connectivity index (χ1n) is 7.33. The number of rotatable bonds is 4. The second-order valence-corrected chi connectivity index (χ2v) is 6.35. The summed E-state index contributed by atoms with van der Waals surface area (Å²) in [6.45, 7) is 0.140. The molecule has 0 aliphatic rings. The van der Waals surface area contributed by atoms with Crippen molar-refractivity contribution in [3.05, 3.63) is 87.9 Å². The van der Waals surface area contributed by atoms with Crippen LogP contribution in [-0.2, 0) is 19.1 Å². The number of hydrogen-bond donors (Lipinski definition) is 0. The van der Waals surface area contributed by atoms with E-state index in [4.69, 9.17) is 0 Å². The Bertz CT molecular complexity index is 823. The Morgan fingerprint density at radius 3 is 2.42 bits per heavy atom. The van der Waals surface area contributed by atoms with Gasteiger partial charge in [0.2, 0.25) is 0 Å². The van der Waals surface area contributed by atoms with Crippen LogP contribution < -0.4 is 0 Å². The van der Waals surface area contributed by atoms with Gasteiger partial charge in [0.15, 0.2) is 0 Å². The zero-order valence-corrected chi connectivity index (χ0v) is 14.2. The van der Waals surface area contributed by atoms with Gasteiger partial charge in [0, 0.05) is 29.8 Å². The van der Waals surface area contributed by atoms with Gasteiger partial charge in [-0.1, -0.05) is 46.3 Å². The van der Waals surface area contributed by atoms with Crippen LogP contribution in [0.4, 0.5) is 13.2 Å². The van der Waals surface area contributed by atoms with Gasteiger partial charge < -0.3 is 4.57 Å². The van der Waals surface area contributed by atoms with Crippen molar-refractivity contribution < 1.29 is 13.2 Å². The van der Waals surface area contributed by atoms with Crippen LogP contribution in [0.15, 0.2) is 65.4 Å². The fraction of sp³-hybridized carbons (Fsp3) is 0.167. The normalized spacial score (nSPS) is 11.7. The fourth-order valence-corrected chi connectivity index (χ4v) is 2.82. The molecule has 0 saturated heterocycles. The predicted molar refractivity (Wildman–Crippen MR) is 89.7 cm³/mol. The lowest BCUT2D eigenvalue weighted by Crippen LogP contribution is -2.12. The third kappa shape index (κ3) is 3.87. The van der Waals surface area contributed by atoms with Gasteiger partial charge in [-0.2, -0.15) is 13.2 Å². The van der Waals surface area contributed by atoms with E-state index in [1.54, 1.807) is 23.0 Å². The lowest BCUT2D eigenvalue weighted by molar-refractivity contribution is -0.138. The molecule has 0 unspecified atom stereocenters. The van der Waals surface area contributed by atoms with Crippen LogP contribution in [-0.4, -0.2) is 9.55 Å². The molecule has 0 radical (unpaired) electrons. The lowest BCUT2D eigenvalue weighted by Gasteiger charge is -2.14. The third-order valence-corrected chi connectivity index (χ3v) is 4.27. The molecule has 6 heteroatoms. The van der Waals surface area contributed by atoms with Crippen molar-refractivity contribution in [1.29, 1.82) is 0 Å². The van der Waals surface area contributed by atoms with Gasteiger partial charge >= 0.3 is 6.18 Å². The van der Waals surface area contributed by atoms with E-state index in [1.807, 2.05) is 24.3 Å². The Morgan fingerprint density at radius 2 is 1.71 bits per heavy atom. The van der Waals surface area contributed by atoms with Gasteiger partial charge in [-0.3, -0.25) is 0 Å². The maximum Gasteiger partial charge on any atom is 0.416 e. The highest BCUT2D eigenvalue weighted by Crippen LogP contribution is 2.32. The Kier molecular flexibility index (Phi) is 4.76. The van der Waals surface area contributed by atoms with Crippen LogP contribution in [0.3, 0.4) is 0 Å². The first-order chi connectivity index (χ1) is 11.4. The average molecular weight is 395 g/mol. The van der Waals surface area contributed by atoms with Crippen LogP contribution in [0.1, 0.15) is 22.5 Å². The van der Waals surface area contributed by atoms with Crippen molar-refractivity contribution in [2.75, 3.05) is 0 Å². The van der Waals surface area contributed by atoms with E-state index in [9.17, 15) is 13.2 Å². The molecule has 1 heterocycles. The van der Waals surface area contributed by atoms with Crippen molar-refractivity contribution in [3.63, 3.8) is 0 Å². The molecule has 0 bridgehead atoms. The molecule has 2 nitrogen and oxygen atoms in total. The zero-order chi connectivity index (χ0) is 17.2. The van der Waals surface area contributed by atoms with Gasteiger partial charge in [0.1, 0.15) is 5.82 Å². The van der Waals surface area contributed by atoms with Gasteiger partial charge in [-0.05, 0) is 29.3 Å². The third-order valence-electron chi connectivity index (χ3n) is 3.74. The number of aromatic nitrogens is 2. The number of nitrogens with zero attached hydrogens (tertiary/aromatic N) is 2. The van der Waals surface area contributed by atoms with Crippen LogP contribution >= 0.6 is 15.9 Å². The summed E-state index contributed by atoms with van der Waals surface area (Å²) in [7, 11) is 0. The van der Waals surface area contributed by atoms with Crippen LogP contribution in [0.5, 0.6) is 0 Å². The van der Waals surface area contributed by atoms with Crippen molar-refractivity contribution >= 4 is 15.9 Å². The first kappa shape index (κ1) is 16.8. The Hall–Kier alpha value is -2.08. The molecular formula is C18H14BrF3N2. The van der Waals surface area contributed by atoms with E-state index in [-0.39, 0.29) is 12.1 Å². The summed E-state index contributed by atoms with van der Waals surface area (Å²) in [4.78, 5) is 4.29. The minimum absolute atomic E-state index is 0.140. The Morgan fingerprint density at radius 1 is 1.00 bits per heavy atom. The number of imidazole rings is 1. The maximum absolute atomic E-state index is 13.1. The largest absolute Gasteiger partial charge is 0.416 e. The highest BCUT2D eigenvalue weighted by Gasteiger charge is 2.32. The number of hydrogen-bond acceptors (Lipinski definition) is 1. The predicted octanol–water partition coefficient (Wildman–Crippen LogP) is 5.30. The molecule has 0 aliphatic heterocycles. The quantitative estimate of drug-likeness (QED) is 0.586. The molecule has 0 fully saturated rings. The summed E-state index contributed by atoms with van der Waals surface area (Å²) in [5, 5.41) is 0. The molecule has 0 N–H and O–H groups in total. The van der Waals surface area contributed by atoms with Gasteiger partial charge in [-0.15, -0.1) is 0 Å². The molecular weight excluding hydrogens is 381 g/mol. The molecule has 3 rings (SSSR count). The second-order valence-electron chi connectivity index (χ2n) is 5.43. The van der Waals surface area contributed by atoms with E-state index >= 15 is 0 Å². The summed E-state index contributed by atoms with van der Waals surface area (Å²) >= 11 is 3.38. The number of alkyl halides is 3. The smallest absolute Gasteiger partial charge is 0.330 e. The summed E-state index contributed by atoms with van der Waals surface area (Å²) in [5.41, 5.74) is 0.683. The Balaban J connectivity index is 1.85. The van der Waals surface area contributed by atoms with Gasteiger partial charge in [-0.25, -0.2) is 4.98 Å². The van der Waals surface area contributed by atoms with Crippen molar-refractivity contribution in [2.24, 2.45) is 0 Å². The molecule has 124 valence electrons. The van der Waals surface area contributed by atoms with Crippen LogP contribution in [0.25, 0.3) is 0 Å². The molecule has 0 atom stereocenters. The average Bonchev–Trinajstić information content (AvgIpc) is 2.96. The molecule has 0 amide bonds. The topological polar surface area (TPSA) is 17.8 Å². The van der Waals surface area contributed by atoms with Crippen LogP contribution in [0, 0.1) is 0 Å². The number of benzene rings is 2. The highest BCUT2D eigenvalue weighted by atomic mass is 79.9. The minimum Gasteiger partial charge on any atom is -0.330 e. The van der Waals surface area contributed by atoms with E-state index in [0.717, 1.165) is 21.9 Å². The zero-order valence-electron chi connectivity index (χ0n) is 12.6. The van der Waals surface area contributed by atoms with Crippen LogP contribution in [0.2, 0.25) is 0 Å². The molecule has 0 saturated carbocycles. The lowest BCUT2D eigenvalue weighted by atomic mass is 10.1. The van der Waals surface area contributed by atoms with Gasteiger partial charge in [0.05, 0.1) is 5.56 Å². The number of halogens is 4. The molecule has 24 heavy (non-hydrogen) atoms. The monoisotopic (exact) mass is 394 g/mol. The summed E-state index contributed by atoms with van der Waals surface area (Å²) < 4.78 is 42.1. The fourth-order valence-electron chi connectivity index (χ4n) is 2.55. The maximum atomic E-state index is 13.1. The minimum atomic E-state index is -4.36. The molecule has 3 aromatic rings. The first-order valence-corrected chi connectivity index (χ1v) is 8.12.